The molecule has 1 heterocycles. The van der Waals surface area contributed by atoms with Crippen LogP contribution in [0.4, 0.5) is 32.0 Å². The van der Waals surface area contributed by atoms with Crippen molar-refractivity contribution in [2.45, 2.75) is 31.4 Å². The molecule has 0 fully saturated rings. The molecule has 0 bridgehead atoms. The largest absolute Gasteiger partial charge is 0.419 e. The van der Waals surface area contributed by atoms with Crippen LogP contribution in [0.1, 0.15) is 30.0 Å². The summed E-state index contributed by atoms with van der Waals surface area (Å²) in [5.41, 5.74) is -0.479. The average Bonchev–Trinajstić information content (AvgIpc) is 2.97. The quantitative estimate of drug-likeness (QED) is 0.307. The van der Waals surface area contributed by atoms with Gasteiger partial charge in [0.2, 0.25) is 5.91 Å². The standard InChI is InChI=1S/C26H19F6NO/c1-14(2)12-25(13-15-7-18(27)11-19(28)8-15)21-10-17(4-6-23(21)33-24(25)34)16-3-5-22(29)20(9-16)26(30,31)32/h3-11H,1,12-13H2,2H3,(H,33,34). The molecule has 0 aliphatic carbocycles. The number of anilines is 1. The van der Waals surface area contributed by atoms with Crippen LogP contribution in [0, 0.1) is 17.5 Å². The second-order valence-electron chi connectivity index (χ2n) is 8.58. The normalized spacial score (nSPS) is 17.4. The van der Waals surface area contributed by atoms with Crippen LogP contribution in [-0.4, -0.2) is 5.91 Å². The Labute approximate surface area is 191 Å². The maximum atomic E-state index is 13.9. The predicted molar refractivity (Wildman–Crippen MR) is 117 cm³/mol. The first-order valence-corrected chi connectivity index (χ1v) is 10.3. The van der Waals surface area contributed by atoms with Crippen LogP contribution in [0.3, 0.4) is 0 Å². The van der Waals surface area contributed by atoms with Gasteiger partial charge in [0.25, 0.3) is 0 Å². The molecule has 4 rings (SSSR count). The van der Waals surface area contributed by atoms with Gasteiger partial charge >= 0.3 is 6.18 Å². The predicted octanol–water partition coefficient (Wildman–Crippen LogP) is 7.19. The van der Waals surface area contributed by atoms with Crippen molar-refractivity contribution < 1.29 is 31.1 Å². The monoisotopic (exact) mass is 475 g/mol. The van der Waals surface area contributed by atoms with Crippen LogP contribution in [0.5, 0.6) is 0 Å². The molecule has 0 spiro atoms. The lowest BCUT2D eigenvalue weighted by atomic mass is 9.72. The maximum Gasteiger partial charge on any atom is 0.419 e. The number of rotatable bonds is 5. The first-order valence-electron chi connectivity index (χ1n) is 10.3. The summed E-state index contributed by atoms with van der Waals surface area (Å²) < 4.78 is 81.2. The molecule has 0 saturated heterocycles. The number of carbonyl (C=O) groups excluding carboxylic acids is 1. The number of benzene rings is 3. The van der Waals surface area contributed by atoms with E-state index in [-0.39, 0.29) is 24.0 Å². The zero-order valence-electron chi connectivity index (χ0n) is 18.0. The van der Waals surface area contributed by atoms with Gasteiger partial charge in [0.15, 0.2) is 0 Å². The molecule has 1 unspecified atom stereocenters. The second-order valence-corrected chi connectivity index (χ2v) is 8.58. The van der Waals surface area contributed by atoms with E-state index in [0.717, 1.165) is 24.3 Å². The van der Waals surface area contributed by atoms with E-state index in [1.165, 1.54) is 12.1 Å². The SMILES string of the molecule is C=C(C)CC1(Cc2cc(F)cc(F)c2)C(=O)Nc2ccc(-c3ccc(F)c(C(F)(F)F)c3)cc21. The highest BCUT2D eigenvalue weighted by Crippen LogP contribution is 2.46. The van der Waals surface area contributed by atoms with Gasteiger partial charge in [-0.25, -0.2) is 13.2 Å². The summed E-state index contributed by atoms with van der Waals surface area (Å²) in [5.74, 6) is -3.39. The zero-order chi connectivity index (χ0) is 24.8. The summed E-state index contributed by atoms with van der Waals surface area (Å²) in [6, 6.07) is 10.3. The third kappa shape index (κ3) is 4.32. The minimum Gasteiger partial charge on any atom is -0.325 e. The van der Waals surface area contributed by atoms with Gasteiger partial charge in [-0.3, -0.25) is 4.79 Å². The van der Waals surface area contributed by atoms with E-state index in [1.54, 1.807) is 19.1 Å². The molecule has 1 aliphatic rings. The molecule has 176 valence electrons. The Kier molecular flexibility index (Phi) is 5.79. The van der Waals surface area contributed by atoms with Gasteiger partial charge in [-0.05, 0) is 78.4 Å². The van der Waals surface area contributed by atoms with Gasteiger partial charge in [-0.1, -0.05) is 17.7 Å². The molecule has 3 aromatic carbocycles. The fourth-order valence-electron chi connectivity index (χ4n) is 4.51. The molecule has 0 saturated carbocycles. The number of carbonyl (C=O) groups is 1. The lowest BCUT2D eigenvalue weighted by Crippen LogP contribution is -2.37. The molecule has 34 heavy (non-hydrogen) atoms. The summed E-state index contributed by atoms with van der Waals surface area (Å²) in [4.78, 5) is 13.2. The van der Waals surface area contributed by atoms with E-state index in [2.05, 4.69) is 11.9 Å². The van der Waals surface area contributed by atoms with Crippen molar-refractivity contribution in [2.24, 2.45) is 0 Å². The Morgan fingerprint density at radius 2 is 1.56 bits per heavy atom. The zero-order valence-corrected chi connectivity index (χ0v) is 18.0. The highest BCUT2D eigenvalue weighted by Gasteiger charge is 2.47. The van der Waals surface area contributed by atoms with Gasteiger partial charge in [0.1, 0.15) is 17.5 Å². The van der Waals surface area contributed by atoms with Crippen LogP contribution in [0.15, 0.2) is 66.7 Å². The molecule has 3 aromatic rings. The number of nitrogens with one attached hydrogen (secondary N) is 1. The van der Waals surface area contributed by atoms with Crippen molar-refractivity contribution in [3.63, 3.8) is 0 Å². The van der Waals surface area contributed by atoms with Crippen molar-refractivity contribution in [3.05, 3.63) is 101 Å². The van der Waals surface area contributed by atoms with E-state index in [1.807, 2.05) is 0 Å². The molecular formula is C26H19F6NO. The molecule has 1 aliphatic heterocycles. The fourth-order valence-corrected chi connectivity index (χ4v) is 4.51. The van der Waals surface area contributed by atoms with Gasteiger partial charge in [-0.15, -0.1) is 6.58 Å². The topological polar surface area (TPSA) is 29.1 Å². The van der Waals surface area contributed by atoms with E-state index >= 15 is 0 Å². The Morgan fingerprint density at radius 1 is 0.941 bits per heavy atom. The number of hydrogen-bond donors (Lipinski definition) is 1. The van der Waals surface area contributed by atoms with Gasteiger partial charge in [-0.2, -0.15) is 13.2 Å². The molecule has 1 N–H and O–H groups in total. The van der Waals surface area contributed by atoms with Crippen molar-refractivity contribution in [3.8, 4) is 11.1 Å². The molecule has 0 radical (unpaired) electrons. The van der Waals surface area contributed by atoms with Crippen LogP contribution >= 0.6 is 0 Å². The number of alkyl halides is 3. The molecule has 0 aromatic heterocycles. The molecule has 2 nitrogen and oxygen atoms in total. The Bertz CT molecular complexity index is 1290. The van der Waals surface area contributed by atoms with Crippen LogP contribution in [-0.2, 0) is 22.8 Å². The molecule has 1 amide bonds. The van der Waals surface area contributed by atoms with Crippen LogP contribution in [0.2, 0.25) is 0 Å². The number of halogens is 6. The van der Waals surface area contributed by atoms with Crippen molar-refractivity contribution in [2.75, 3.05) is 5.32 Å². The summed E-state index contributed by atoms with van der Waals surface area (Å²) in [6.07, 6.45) is -4.79. The highest BCUT2D eigenvalue weighted by molar-refractivity contribution is 6.07. The van der Waals surface area contributed by atoms with E-state index in [0.29, 0.717) is 28.5 Å². The maximum absolute atomic E-state index is 13.9. The summed E-state index contributed by atoms with van der Waals surface area (Å²) in [6.45, 7) is 5.59. The van der Waals surface area contributed by atoms with Crippen molar-refractivity contribution >= 4 is 11.6 Å². The van der Waals surface area contributed by atoms with Crippen LogP contribution < -0.4 is 5.32 Å². The number of hydrogen-bond acceptors (Lipinski definition) is 1. The van der Waals surface area contributed by atoms with Crippen molar-refractivity contribution in [1.29, 1.82) is 0 Å². The van der Waals surface area contributed by atoms with Gasteiger partial charge < -0.3 is 5.32 Å². The number of amides is 1. The Balaban J connectivity index is 1.86. The third-order valence-electron chi connectivity index (χ3n) is 5.85. The fraction of sp³-hybridized carbons (Fsp3) is 0.192. The smallest absolute Gasteiger partial charge is 0.325 e. The van der Waals surface area contributed by atoms with Gasteiger partial charge in [0.05, 0.1) is 11.0 Å². The highest BCUT2D eigenvalue weighted by atomic mass is 19.4. The molecular weight excluding hydrogens is 456 g/mol. The lowest BCUT2D eigenvalue weighted by Gasteiger charge is -2.28. The summed E-state index contributed by atoms with van der Waals surface area (Å²) in [7, 11) is 0. The first kappa shape index (κ1) is 23.6. The van der Waals surface area contributed by atoms with Crippen LogP contribution in [0.25, 0.3) is 11.1 Å². The lowest BCUT2D eigenvalue weighted by molar-refractivity contribution is -0.140. The second kappa shape index (κ2) is 8.34. The van der Waals surface area contributed by atoms with E-state index in [9.17, 15) is 31.1 Å². The number of allylic oxidation sites excluding steroid dienone is 1. The van der Waals surface area contributed by atoms with E-state index in [4.69, 9.17) is 0 Å². The summed E-state index contributed by atoms with van der Waals surface area (Å²) >= 11 is 0. The average molecular weight is 475 g/mol. The number of fused-ring (bicyclic) bond motifs is 1. The van der Waals surface area contributed by atoms with Crippen molar-refractivity contribution in [1.82, 2.24) is 0 Å². The Morgan fingerprint density at radius 3 is 2.18 bits per heavy atom. The third-order valence-corrected chi connectivity index (χ3v) is 5.85. The van der Waals surface area contributed by atoms with E-state index < -0.39 is 40.5 Å². The minimum absolute atomic E-state index is 0.0615. The first-order chi connectivity index (χ1) is 15.9. The summed E-state index contributed by atoms with van der Waals surface area (Å²) in [5, 5.41) is 2.76. The Hall–Kier alpha value is -3.55. The molecule has 1 atom stereocenters. The van der Waals surface area contributed by atoms with Gasteiger partial charge in [0, 0.05) is 11.8 Å². The molecule has 8 heteroatoms. The minimum atomic E-state index is -4.88.